The van der Waals surface area contributed by atoms with Gasteiger partial charge in [-0.25, -0.2) is 0 Å². The van der Waals surface area contributed by atoms with E-state index in [1.807, 2.05) is 13.8 Å². The van der Waals surface area contributed by atoms with Crippen LogP contribution < -0.4 is 5.73 Å². The summed E-state index contributed by atoms with van der Waals surface area (Å²) in [6.07, 6.45) is 0.353. The van der Waals surface area contributed by atoms with Gasteiger partial charge in [-0.3, -0.25) is 0 Å². The third-order valence-corrected chi connectivity index (χ3v) is 3.81. The van der Waals surface area contributed by atoms with Crippen LogP contribution in [0.25, 0.3) is 0 Å². The normalized spacial score (nSPS) is 47.1. The Hall–Kier alpha value is -0.160. The van der Waals surface area contributed by atoms with Crippen LogP contribution >= 0.6 is 0 Å². The Morgan fingerprint density at radius 1 is 1.36 bits per heavy atom. The van der Waals surface area contributed by atoms with E-state index in [0.29, 0.717) is 19.8 Å². The molecule has 0 saturated carbocycles. The largest absolute Gasteiger partial charge is 0.390 e. The Morgan fingerprint density at radius 3 is 2.50 bits per heavy atom. The minimum atomic E-state index is -0.455. The molecule has 2 aliphatic rings. The molecule has 0 aromatic heterocycles. The van der Waals surface area contributed by atoms with Crippen molar-refractivity contribution < 1.29 is 14.6 Å². The van der Waals surface area contributed by atoms with Crippen molar-refractivity contribution in [3.8, 4) is 0 Å². The van der Waals surface area contributed by atoms with E-state index in [-0.39, 0.29) is 11.5 Å². The van der Waals surface area contributed by atoms with Crippen molar-refractivity contribution in [2.24, 2.45) is 11.7 Å². The number of aliphatic hydroxyl groups excluding tert-OH is 1. The summed E-state index contributed by atoms with van der Waals surface area (Å²) in [7, 11) is 0. The fraction of sp³-hybridized carbons (Fsp3) is 1.00. The van der Waals surface area contributed by atoms with E-state index in [1.54, 1.807) is 0 Å². The zero-order valence-corrected chi connectivity index (χ0v) is 8.82. The highest BCUT2D eigenvalue weighted by molar-refractivity contribution is 5.10. The van der Waals surface area contributed by atoms with Gasteiger partial charge in [0.15, 0.2) is 0 Å². The topological polar surface area (TPSA) is 64.7 Å². The van der Waals surface area contributed by atoms with Gasteiger partial charge in [0.2, 0.25) is 0 Å². The summed E-state index contributed by atoms with van der Waals surface area (Å²) in [5.41, 5.74) is 5.54. The summed E-state index contributed by atoms with van der Waals surface area (Å²) in [6, 6.07) is 0. The number of hydrogen-bond donors (Lipinski definition) is 2. The Kier molecular flexibility index (Phi) is 2.34. The maximum Gasteiger partial charge on any atom is 0.0842 e. The zero-order valence-electron chi connectivity index (χ0n) is 8.82. The standard InChI is InChI=1S/C10H19NO3/c1-9(2)10(11,3-4-14-9)7-5-13-6-8(7)12/h7-8,12H,3-6,11H2,1-2H3. The summed E-state index contributed by atoms with van der Waals surface area (Å²) in [4.78, 5) is 0. The predicted octanol–water partition coefficient (Wildman–Crippen LogP) is -0.110. The molecule has 2 heterocycles. The van der Waals surface area contributed by atoms with Crippen molar-refractivity contribution >= 4 is 0 Å². The third-order valence-electron chi connectivity index (χ3n) is 3.81. The molecule has 3 atom stereocenters. The molecule has 4 nitrogen and oxygen atoms in total. The molecule has 82 valence electrons. The first kappa shape index (κ1) is 10.4. The van der Waals surface area contributed by atoms with Crippen LogP contribution in [-0.2, 0) is 9.47 Å². The fourth-order valence-corrected chi connectivity index (χ4v) is 2.58. The summed E-state index contributed by atoms with van der Waals surface area (Å²) >= 11 is 0. The van der Waals surface area contributed by atoms with Crippen LogP contribution in [0.4, 0.5) is 0 Å². The molecule has 2 fully saturated rings. The molecule has 0 aromatic carbocycles. The molecule has 2 aliphatic heterocycles. The van der Waals surface area contributed by atoms with Gasteiger partial charge in [0.1, 0.15) is 0 Å². The van der Waals surface area contributed by atoms with E-state index in [2.05, 4.69) is 0 Å². The highest BCUT2D eigenvalue weighted by Crippen LogP contribution is 2.42. The fourth-order valence-electron chi connectivity index (χ4n) is 2.58. The lowest BCUT2D eigenvalue weighted by Crippen LogP contribution is -2.61. The van der Waals surface area contributed by atoms with Gasteiger partial charge >= 0.3 is 0 Å². The van der Waals surface area contributed by atoms with Crippen LogP contribution in [0.15, 0.2) is 0 Å². The minimum Gasteiger partial charge on any atom is -0.390 e. The highest BCUT2D eigenvalue weighted by atomic mass is 16.5. The summed E-state index contributed by atoms with van der Waals surface area (Å²) < 4.78 is 10.9. The molecule has 3 N–H and O–H groups in total. The van der Waals surface area contributed by atoms with Crippen molar-refractivity contribution in [3.05, 3.63) is 0 Å². The second-order valence-electron chi connectivity index (χ2n) is 4.86. The Labute approximate surface area is 84.4 Å². The second-order valence-corrected chi connectivity index (χ2v) is 4.86. The van der Waals surface area contributed by atoms with Crippen LogP contribution in [0, 0.1) is 5.92 Å². The lowest BCUT2D eigenvalue weighted by Gasteiger charge is -2.41. The van der Waals surface area contributed by atoms with Gasteiger partial charge in [0, 0.05) is 12.5 Å². The van der Waals surface area contributed by atoms with E-state index in [1.165, 1.54) is 0 Å². The van der Waals surface area contributed by atoms with Crippen LogP contribution in [-0.4, -0.2) is 42.2 Å². The molecule has 0 aromatic rings. The number of nitrogens with two attached hydrogens (primary N) is 1. The first-order valence-corrected chi connectivity index (χ1v) is 5.16. The van der Waals surface area contributed by atoms with Crippen LogP contribution in [0.1, 0.15) is 20.3 Å². The molecular weight excluding hydrogens is 182 g/mol. The van der Waals surface area contributed by atoms with E-state index in [9.17, 15) is 5.11 Å². The average molecular weight is 201 g/mol. The maximum atomic E-state index is 9.79. The van der Waals surface area contributed by atoms with Gasteiger partial charge in [0.25, 0.3) is 0 Å². The second kappa shape index (κ2) is 3.17. The van der Waals surface area contributed by atoms with Gasteiger partial charge in [-0.15, -0.1) is 0 Å². The molecule has 2 saturated heterocycles. The third kappa shape index (κ3) is 1.29. The quantitative estimate of drug-likeness (QED) is 0.621. The smallest absolute Gasteiger partial charge is 0.0842 e. The molecule has 0 spiro atoms. The lowest BCUT2D eigenvalue weighted by molar-refractivity contribution is -0.0341. The average Bonchev–Trinajstić information content (AvgIpc) is 2.59. The molecule has 3 unspecified atom stereocenters. The summed E-state index contributed by atoms with van der Waals surface area (Å²) in [6.45, 7) is 5.60. The van der Waals surface area contributed by atoms with Crippen LogP contribution in [0.3, 0.4) is 0 Å². The Morgan fingerprint density at radius 2 is 2.07 bits per heavy atom. The molecule has 14 heavy (non-hydrogen) atoms. The first-order chi connectivity index (χ1) is 6.47. The molecule has 0 radical (unpaired) electrons. The van der Waals surface area contributed by atoms with Crippen molar-refractivity contribution in [1.82, 2.24) is 0 Å². The van der Waals surface area contributed by atoms with E-state index in [0.717, 1.165) is 6.42 Å². The molecular formula is C10H19NO3. The van der Waals surface area contributed by atoms with E-state index < -0.39 is 11.6 Å². The Balaban J connectivity index is 2.22. The SMILES string of the molecule is CC1(C)OCCC1(N)C1COCC1O. The molecule has 0 bridgehead atoms. The van der Waals surface area contributed by atoms with Crippen molar-refractivity contribution in [2.75, 3.05) is 19.8 Å². The van der Waals surface area contributed by atoms with Crippen LogP contribution in [0.5, 0.6) is 0 Å². The van der Waals surface area contributed by atoms with E-state index >= 15 is 0 Å². The highest BCUT2D eigenvalue weighted by Gasteiger charge is 2.55. The monoisotopic (exact) mass is 201 g/mol. The van der Waals surface area contributed by atoms with Gasteiger partial charge in [-0.2, -0.15) is 0 Å². The maximum absolute atomic E-state index is 9.79. The zero-order chi connectivity index (χ0) is 10.4. The van der Waals surface area contributed by atoms with Crippen molar-refractivity contribution in [1.29, 1.82) is 0 Å². The van der Waals surface area contributed by atoms with E-state index in [4.69, 9.17) is 15.2 Å². The first-order valence-electron chi connectivity index (χ1n) is 5.16. The number of aliphatic hydroxyl groups is 1. The van der Waals surface area contributed by atoms with Crippen LogP contribution in [0.2, 0.25) is 0 Å². The van der Waals surface area contributed by atoms with Gasteiger partial charge < -0.3 is 20.3 Å². The summed E-state index contributed by atoms with van der Waals surface area (Å²) in [5, 5.41) is 9.79. The van der Waals surface area contributed by atoms with Gasteiger partial charge in [-0.05, 0) is 20.3 Å². The number of hydrogen-bond acceptors (Lipinski definition) is 4. The summed E-state index contributed by atoms with van der Waals surface area (Å²) in [5.74, 6) is -0.000000000000000222. The van der Waals surface area contributed by atoms with Gasteiger partial charge in [-0.1, -0.05) is 0 Å². The van der Waals surface area contributed by atoms with Gasteiger partial charge in [0.05, 0.1) is 30.5 Å². The predicted molar refractivity (Wildman–Crippen MR) is 51.9 cm³/mol. The molecule has 0 amide bonds. The molecule has 0 aliphatic carbocycles. The Bertz CT molecular complexity index is 231. The molecule has 4 heteroatoms. The molecule has 2 rings (SSSR count). The van der Waals surface area contributed by atoms with Crippen molar-refractivity contribution in [3.63, 3.8) is 0 Å². The number of rotatable bonds is 1. The number of ether oxygens (including phenoxy) is 2. The van der Waals surface area contributed by atoms with Crippen molar-refractivity contribution in [2.45, 2.75) is 37.5 Å². The lowest BCUT2D eigenvalue weighted by atomic mass is 9.71. The minimum absolute atomic E-state index is 0.000000000000000222.